The smallest absolute Gasteiger partial charge is 0.337 e. The van der Waals surface area contributed by atoms with E-state index < -0.39 is 22.0 Å². The summed E-state index contributed by atoms with van der Waals surface area (Å²) in [6, 6.07) is 6.20. The maximum Gasteiger partial charge on any atom is 0.337 e. The van der Waals surface area contributed by atoms with Gasteiger partial charge in [-0.05, 0) is 37.3 Å². The van der Waals surface area contributed by atoms with Crippen molar-refractivity contribution in [2.45, 2.75) is 17.9 Å². The summed E-state index contributed by atoms with van der Waals surface area (Å²) in [6.07, 6.45) is 1.42. The van der Waals surface area contributed by atoms with Gasteiger partial charge in [-0.2, -0.15) is 0 Å². The van der Waals surface area contributed by atoms with Crippen LogP contribution in [0, 0.1) is 0 Å². The summed E-state index contributed by atoms with van der Waals surface area (Å²) in [7, 11) is -4.05. The van der Waals surface area contributed by atoms with Gasteiger partial charge >= 0.3 is 5.97 Å². The number of furan rings is 1. The molecule has 8 heteroatoms. The number of carbonyl (C=O) groups is 1. The van der Waals surface area contributed by atoms with E-state index in [2.05, 4.69) is 4.72 Å². The Morgan fingerprint density at radius 3 is 2.67 bits per heavy atom. The Labute approximate surface area is 121 Å². The standard InChI is InChI=1S/C13H14N2O5S/c1-8(11-3-2-6-20-11)15-21(18,19)12-7-9(14)4-5-10(12)13(16)17/h2-8,15H,14H2,1H3,(H,16,17). The van der Waals surface area contributed by atoms with Gasteiger partial charge in [-0.25, -0.2) is 17.9 Å². The van der Waals surface area contributed by atoms with Crippen molar-refractivity contribution in [1.82, 2.24) is 4.72 Å². The highest BCUT2D eigenvalue weighted by atomic mass is 32.2. The van der Waals surface area contributed by atoms with E-state index in [1.165, 1.54) is 12.3 Å². The van der Waals surface area contributed by atoms with Crippen LogP contribution in [0.4, 0.5) is 5.69 Å². The first kappa shape index (κ1) is 15.1. The molecule has 0 aliphatic rings. The van der Waals surface area contributed by atoms with Crippen LogP contribution in [0.2, 0.25) is 0 Å². The van der Waals surface area contributed by atoms with E-state index in [1.54, 1.807) is 19.1 Å². The van der Waals surface area contributed by atoms with E-state index in [1.807, 2.05) is 0 Å². The molecule has 1 atom stereocenters. The lowest BCUT2D eigenvalue weighted by Crippen LogP contribution is -2.28. The highest BCUT2D eigenvalue weighted by Crippen LogP contribution is 2.22. The van der Waals surface area contributed by atoms with Crippen molar-refractivity contribution >= 4 is 21.7 Å². The normalized spacial score (nSPS) is 13.0. The molecular formula is C13H14N2O5S. The number of carboxylic acids is 1. The third-order valence-electron chi connectivity index (χ3n) is 2.83. The highest BCUT2D eigenvalue weighted by Gasteiger charge is 2.25. The second kappa shape index (κ2) is 5.58. The number of sulfonamides is 1. The predicted octanol–water partition coefficient (Wildman–Crippen LogP) is 1.60. The zero-order valence-electron chi connectivity index (χ0n) is 11.1. The average Bonchev–Trinajstić information content (AvgIpc) is 2.91. The monoisotopic (exact) mass is 310 g/mol. The van der Waals surface area contributed by atoms with Crippen LogP contribution in [0.1, 0.15) is 29.1 Å². The Hall–Kier alpha value is -2.32. The summed E-state index contributed by atoms with van der Waals surface area (Å²) < 4.78 is 32.2. The number of aromatic carboxylic acids is 1. The van der Waals surface area contributed by atoms with E-state index in [-0.39, 0.29) is 16.1 Å². The van der Waals surface area contributed by atoms with Gasteiger partial charge in [0.2, 0.25) is 10.0 Å². The van der Waals surface area contributed by atoms with Gasteiger partial charge in [0.1, 0.15) is 5.76 Å². The molecule has 0 saturated heterocycles. The number of rotatable bonds is 5. The highest BCUT2D eigenvalue weighted by molar-refractivity contribution is 7.89. The van der Waals surface area contributed by atoms with Crippen molar-refractivity contribution in [2.75, 3.05) is 5.73 Å². The Kier molecular flexibility index (Phi) is 4.01. The molecular weight excluding hydrogens is 296 g/mol. The van der Waals surface area contributed by atoms with Crippen molar-refractivity contribution in [3.63, 3.8) is 0 Å². The lowest BCUT2D eigenvalue weighted by Gasteiger charge is -2.14. The summed E-state index contributed by atoms with van der Waals surface area (Å²) >= 11 is 0. The number of hydrogen-bond acceptors (Lipinski definition) is 5. The minimum atomic E-state index is -4.05. The Morgan fingerprint density at radius 1 is 1.38 bits per heavy atom. The number of nitrogen functional groups attached to an aromatic ring is 1. The molecule has 0 radical (unpaired) electrons. The van der Waals surface area contributed by atoms with Crippen molar-refractivity contribution in [1.29, 1.82) is 0 Å². The first-order valence-electron chi connectivity index (χ1n) is 6.00. The molecule has 0 fully saturated rings. The zero-order chi connectivity index (χ0) is 15.6. The van der Waals surface area contributed by atoms with Gasteiger partial charge in [-0.15, -0.1) is 0 Å². The van der Waals surface area contributed by atoms with Gasteiger partial charge < -0.3 is 15.3 Å². The fourth-order valence-electron chi connectivity index (χ4n) is 1.83. The lowest BCUT2D eigenvalue weighted by atomic mass is 10.2. The number of nitrogens with two attached hydrogens (primary N) is 1. The summed E-state index contributed by atoms with van der Waals surface area (Å²) in [5.74, 6) is -0.930. The molecule has 0 amide bonds. The van der Waals surface area contributed by atoms with Gasteiger partial charge in [0.15, 0.2) is 0 Å². The van der Waals surface area contributed by atoms with E-state index in [9.17, 15) is 13.2 Å². The first-order chi connectivity index (χ1) is 9.81. The SMILES string of the molecule is CC(NS(=O)(=O)c1cc(N)ccc1C(=O)O)c1ccco1. The first-order valence-corrected chi connectivity index (χ1v) is 7.48. The number of nitrogens with one attached hydrogen (secondary N) is 1. The number of carboxylic acid groups (broad SMARTS) is 1. The molecule has 0 saturated carbocycles. The minimum Gasteiger partial charge on any atom is -0.478 e. The molecule has 2 rings (SSSR count). The van der Waals surface area contributed by atoms with E-state index in [0.29, 0.717) is 5.76 Å². The topological polar surface area (TPSA) is 123 Å². The molecule has 0 aliphatic carbocycles. The molecule has 1 heterocycles. The molecule has 1 aromatic heterocycles. The van der Waals surface area contributed by atoms with Crippen molar-refractivity contribution in [3.05, 3.63) is 47.9 Å². The van der Waals surface area contributed by atoms with Gasteiger partial charge in [0, 0.05) is 5.69 Å². The van der Waals surface area contributed by atoms with Crippen LogP contribution < -0.4 is 10.5 Å². The van der Waals surface area contributed by atoms with Crippen LogP contribution in [-0.4, -0.2) is 19.5 Å². The van der Waals surface area contributed by atoms with Gasteiger partial charge in [0.25, 0.3) is 0 Å². The molecule has 4 N–H and O–H groups in total. The largest absolute Gasteiger partial charge is 0.478 e. The third-order valence-corrected chi connectivity index (χ3v) is 4.41. The summed E-state index contributed by atoms with van der Waals surface area (Å²) in [5.41, 5.74) is 5.36. The second-order valence-corrected chi connectivity index (χ2v) is 6.10. The van der Waals surface area contributed by atoms with E-state index in [4.69, 9.17) is 15.3 Å². The zero-order valence-corrected chi connectivity index (χ0v) is 11.9. The van der Waals surface area contributed by atoms with Crippen LogP contribution in [0.3, 0.4) is 0 Å². The van der Waals surface area contributed by atoms with E-state index >= 15 is 0 Å². The summed E-state index contributed by atoms with van der Waals surface area (Å²) in [6.45, 7) is 1.59. The average molecular weight is 310 g/mol. The third kappa shape index (κ3) is 3.23. The maximum absolute atomic E-state index is 12.3. The van der Waals surface area contributed by atoms with Gasteiger partial charge in [-0.3, -0.25) is 0 Å². The number of benzene rings is 1. The Balaban J connectivity index is 2.40. The molecule has 0 spiro atoms. The van der Waals surface area contributed by atoms with E-state index in [0.717, 1.165) is 12.1 Å². The van der Waals surface area contributed by atoms with Crippen molar-refractivity contribution in [3.8, 4) is 0 Å². The second-order valence-electron chi connectivity index (χ2n) is 4.42. The quantitative estimate of drug-likeness (QED) is 0.721. The number of anilines is 1. The molecule has 1 aromatic carbocycles. The molecule has 21 heavy (non-hydrogen) atoms. The van der Waals surface area contributed by atoms with Crippen LogP contribution in [0.25, 0.3) is 0 Å². The van der Waals surface area contributed by atoms with Gasteiger partial charge in [-0.1, -0.05) is 0 Å². The molecule has 0 aliphatic heterocycles. The van der Waals surface area contributed by atoms with Crippen LogP contribution >= 0.6 is 0 Å². The fraction of sp³-hybridized carbons (Fsp3) is 0.154. The van der Waals surface area contributed by atoms with Crippen LogP contribution in [-0.2, 0) is 10.0 Å². The summed E-state index contributed by atoms with van der Waals surface area (Å²) in [4.78, 5) is 10.8. The lowest BCUT2D eigenvalue weighted by molar-refractivity contribution is 0.0692. The van der Waals surface area contributed by atoms with Crippen molar-refractivity contribution in [2.24, 2.45) is 0 Å². The summed E-state index contributed by atoms with van der Waals surface area (Å²) in [5, 5.41) is 9.09. The van der Waals surface area contributed by atoms with Crippen LogP contribution in [0.5, 0.6) is 0 Å². The van der Waals surface area contributed by atoms with Gasteiger partial charge in [0.05, 0.1) is 22.8 Å². The Morgan fingerprint density at radius 2 is 2.10 bits per heavy atom. The fourth-order valence-corrected chi connectivity index (χ4v) is 3.27. The molecule has 0 bridgehead atoms. The molecule has 112 valence electrons. The van der Waals surface area contributed by atoms with Crippen LogP contribution in [0.15, 0.2) is 45.9 Å². The van der Waals surface area contributed by atoms with Crippen molar-refractivity contribution < 1.29 is 22.7 Å². The Bertz CT molecular complexity index is 753. The number of hydrogen-bond donors (Lipinski definition) is 3. The minimum absolute atomic E-state index is 0.158. The molecule has 7 nitrogen and oxygen atoms in total. The molecule has 1 unspecified atom stereocenters. The predicted molar refractivity (Wildman–Crippen MR) is 75.3 cm³/mol. The molecule has 2 aromatic rings. The maximum atomic E-state index is 12.3.